The van der Waals surface area contributed by atoms with Gasteiger partial charge in [-0.15, -0.1) is 0 Å². The Bertz CT molecular complexity index is 407. The number of aliphatic hydroxyl groups is 1. The highest BCUT2D eigenvalue weighted by molar-refractivity contribution is 6.32. The van der Waals surface area contributed by atoms with Crippen molar-refractivity contribution >= 4 is 17.3 Å². The molecule has 4 nitrogen and oxygen atoms in total. The molecule has 0 aliphatic rings. The van der Waals surface area contributed by atoms with Crippen molar-refractivity contribution in [2.24, 2.45) is 0 Å². The number of halogens is 1. The monoisotopic (exact) mass is 273 g/mol. The second-order valence-electron chi connectivity index (χ2n) is 4.39. The van der Waals surface area contributed by atoms with E-state index in [1.165, 1.54) is 0 Å². The summed E-state index contributed by atoms with van der Waals surface area (Å²) in [5.74, 6) is 1.18. The third kappa shape index (κ3) is 3.68. The first-order valence-corrected chi connectivity index (χ1v) is 6.19. The minimum Gasteiger partial charge on any atom is -0.495 e. The van der Waals surface area contributed by atoms with E-state index in [9.17, 15) is 5.11 Å². The van der Waals surface area contributed by atoms with E-state index in [4.69, 9.17) is 21.1 Å². The first-order valence-electron chi connectivity index (χ1n) is 5.81. The fourth-order valence-electron chi connectivity index (χ4n) is 1.41. The first kappa shape index (κ1) is 14.9. The largest absolute Gasteiger partial charge is 0.495 e. The second-order valence-corrected chi connectivity index (χ2v) is 4.80. The minimum atomic E-state index is -0.766. The summed E-state index contributed by atoms with van der Waals surface area (Å²) < 4.78 is 10.4. The van der Waals surface area contributed by atoms with E-state index < -0.39 is 5.60 Å². The molecule has 1 aromatic carbocycles. The maximum Gasteiger partial charge on any atom is 0.143 e. The van der Waals surface area contributed by atoms with Gasteiger partial charge < -0.3 is 19.9 Å². The second kappa shape index (κ2) is 6.16. The zero-order chi connectivity index (χ0) is 13.8. The molecule has 0 fully saturated rings. The highest BCUT2D eigenvalue weighted by Gasteiger charge is 2.18. The smallest absolute Gasteiger partial charge is 0.143 e. The van der Waals surface area contributed by atoms with Crippen molar-refractivity contribution in [1.29, 1.82) is 0 Å². The summed E-state index contributed by atoms with van der Waals surface area (Å²) >= 11 is 6.02. The molecule has 2 N–H and O–H groups in total. The van der Waals surface area contributed by atoms with E-state index in [0.717, 1.165) is 5.69 Å². The molecule has 5 heteroatoms. The quantitative estimate of drug-likeness (QED) is 0.837. The lowest BCUT2D eigenvalue weighted by atomic mass is 10.0. The predicted octanol–water partition coefficient (Wildman–Crippen LogP) is 2.93. The third-order valence-corrected chi connectivity index (χ3v) is 3.19. The molecule has 0 saturated carbocycles. The first-order chi connectivity index (χ1) is 8.43. The molecular weight excluding hydrogens is 254 g/mol. The molecule has 0 aromatic heterocycles. The summed E-state index contributed by atoms with van der Waals surface area (Å²) in [5, 5.41) is 13.6. The summed E-state index contributed by atoms with van der Waals surface area (Å²) in [7, 11) is 3.13. The van der Waals surface area contributed by atoms with Crippen molar-refractivity contribution in [2.45, 2.75) is 25.9 Å². The van der Waals surface area contributed by atoms with Crippen LogP contribution in [0.2, 0.25) is 5.02 Å². The van der Waals surface area contributed by atoms with Crippen LogP contribution in [0.5, 0.6) is 11.5 Å². The fourth-order valence-corrected chi connectivity index (χ4v) is 1.64. The van der Waals surface area contributed by atoms with E-state index in [2.05, 4.69) is 5.32 Å². The van der Waals surface area contributed by atoms with Gasteiger partial charge in [-0.25, -0.2) is 0 Å². The Morgan fingerprint density at radius 1 is 1.28 bits per heavy atom. The number of ether oxygens (including phenoxy) is 2. The van der Waals surface area contributed by atoms with Crippen LogP contribution in [0.15, 0.2) is 12.1 Å². The predicted molar refractivity (Wildman–Crippen MR) is 74.0 cm³/mol. The number of rotatable bonds is 6. The van der Waals surface area contributed by atoms with Gasteiger partial charge in [-0.05, 0) is 13.3 Å². The molecule has 0 spiro atoms. The lowest BCUT2D eigenvalue weighted by molar-refractivity contribution is 0.0697. The van der Waals surface area contributed by atoms with Gasteiger partial charge in [0.15, 0.2) is 0 Å². The number of methoxy groups -OCH3 is 2. The molecule has 1 atom stereocenters. The molecular formula is C13H20ClNO3. The molecule has 0 aliphatic carbocycles. The molecule has 0 aliphatic heterocycles. The number of hydrogen-bond donors (Lipinski definition) is 2. The van der Waals surface area contributed by atoms with Gasteiger partial charge in [-0.2, -0.15) is 0 Å². The summed E-state index contributed by atoms with van der Waals surface area (Å²) in [5.41, 5.74) is -0.0230. The molecule has 0 bridgehead atoms. The Morgan fingerprint density at radius 2 is 1.89 bits per heavy atom. The van der Waals surface area contributed by atoms with Crippen LogP contribution in [0, 0.1) is 0 Å². The number of anilines is 1. The molecule has 1 rings (SSSR count). The van der Waals surface area contributed by atoms with Crippen LogP contribution < -0.4 is 14.8 Å². The maximum atomic E-state index is 9.97. The van der Waals surface area contributed by atoms with Crippen LogP contribution in [-0.2, 0) is 0 Å². The normalized spacial score (nSPS) is 13.9. The van der Waals surface area contributed by atoms with Crippen molar-refractivity contribution in [1.82, 2.24) is 0 Å². The standard InChI is InChI=1S/C13H20ClNO3/c1-5-13(2,16)8-15-10-7-11(17-3)9(14)6-12(10)18-4/h6-7,15-16H,5,8H2,1-4H3. The van der Waals surface area contributed by atoms with Gasteiger partial charge in [0.2, 0.25) is 0 Å². The van der Waals surface area contributed by atoms with Gasteiger partial charge in [0.25, 0.3) is 0 Å². The number of nitrogens with one attached hydrogen (secondary N) is 1. The van der Waals surface area contributed by atoms with Gasteiger partial charge in [0.1, 0.15) is 11.5 Å². The lowest BCUT2D eigenvalue weighted by Crippen LogP contribution is -2.32. The molecule has 18 heavy (non-hydrogen) atoms. The molecule has 0 heterocycles. The topological polar surface area (TPSA) is 50.7 Å². The van der Waals surface area contributed by atoms with Gasteiger partial charge in [-0.3, -0.25) is 0 Å². The SMILES string of the molecule is CCC(C)(O)CNc1cc(OC)c(Cl)cc1OC. The molecule has 1 unspecified atom stereocenters. The average Bonchev–Trinajstić information content (AvgIpc) is 2.36. The Hall–Kier alpha value is -1.13. The summed E-state index contributed by atoms with van der Waals surface area (Å²) in [6.07, 6.45) is 0.660. The molecule has 0 amide bonds. The van der Waals surface area contributed by atoms with Crippen molar-refractivity contribution < 1.29 is 14.6 Å². The van der Waals surface area contributed by atoms with E-state index in [1.807, 2.05) is 6.92 Å². The van der Waals surface area contributed by atoms with Gasteiger partial charge in [0, 0.05) is 18.7 Å². The van der Waals surface area contributed by atoms with Gasteiger partial charge >= 0.3 is 0 Å². The summed E-state index contributed by atoms with van der Waals surface area (Å²) in [6.45, 7) is 4.13. The van der Waals surface area contributed by atoms with Gasteiger partial charge in [0.05, 0.1) is 30.5 Å². The van der Waals surface area contributed by atoms with Crippen LogP contribution in [0.4, 0.5) is 5.69 Å². The Kier molecular flexibility index (Phi) is 5.11. The van der Waals surface area contributed by atoms with Crippen molar-refractivity contribution in [3.8, 4) is 11.5 Å². The van der Waals surface area contributed by atoms with Crippen LogP contribution >= 0.6 is 11.6 Å². The molecule has 0 saturated heterocycles. The summed E-state index contributed by atoms with van der Waals surface area (Å²) in [6, 6.07) is 3.44. The van der Waals surface area contributed by atoms with Gasteiger partial charge in [-0.1, -0.05) is 18.5 Å². The van der Waals surface area contributed by atoms with Crippen LogP contribution in [0.25, 0.3) is 0 Å². The maximum absolute atomic E-state index is 9.97. The third-order valence-electron chi connectivity index (χ3n) is 2.90. The van der Waals surface area contributed by atoms with Crippen LogP contribution in [-0.4, -0.2) is 31.5 Å². The molecule has 0 radical (unpaired) electrons. The molecule has 1 aromatic rings. The Morgan fingerprint density at radius 3 is 2.39 bits per heavy atom. The van der Waals surface area contributed by atoms with Crippen molar-refractivity contribution in [3.05, 3.63) is 17.2 Å². The zero-order valence-corrected chi connectivity index (χ0v) is 12.0. The van der Waals surface area contributed by atoms with E-state index in [0.29, 0.717) is 29.5 Å². The number of hydrogen-bond acceptors (Lipinski definition) is 4. The van der Waals surface area contributed by atoms with E-state index in [1.54, 1.807) is 33.3 Å². The highest BCUT2D eigenvalue weighted by Crippen LogP contribution is 2.36. The van der Waals surface area contributed by atoms with E-state index >= 15 is 0 Å². The lowest BCUT2D eigenvalue weighted by Gasteiger charge is -2.23. The van der Waals surface area contributed by atoms with Crippen LogP contribution in [0.1, 0.15) is 20.3 Å². The van der Waals surface area contributed by atoms with Crippen molar-refractivity contribution in [2.75, 3.05) is 26.1 Å². The van der Waals surface area contributed by atoms with E-state index in [-0.39, 0.29) is 0 Å². The molecule has 102 valence electrons. The number of benzene rings is 1. The fraction of sp³-hybridized carbons (Fsp3) is 0.538. The zero-order valence-electron chi connectivity index (χ0n) is 11.2. The summed E-state index contributed by atoms with van der Waals surface area (Å²) in [4.78, 5) is 0. The minimum absolute atomic E-state index is 0.421. The highest BCUT2D eigenvalue weighted by atomic mass is 35.5. The average molecular weight is 274 g/mol. The Balaban J connectivity index is 2.93. The Labute approximate surface area is 113 Å². The van der Waals surface area contributed by atoms with Crippen molar-refractivity contribution in [3.63, 3.8) is 0 Å². The van der Waals surface area contributed by atoms with Crippen LogP contribution in [0.3, 0.4) is 0 Å².